The Morgan fingerprint density at radius 1 is 1.23 bits per heavy atom. The zero-order valence-electron chi connectivity index (χ0n) is 7.12. The van der Waals surface area contributed by atoms with Crippen molar-refractivity contribution in [2.75, 3.05) is 0 Å². The Bertz CT molecular complexity index is 497. The molecular formula is C12H8N. The van der Waals surface area contributed by atoms with Crippen molar-refractivity contribution in [3.63, 3.8) is 0 Å². The second kappa shape index (κ2) is 2.43. The smallest absolute Gasteiger partial charge is 0.0674 e. The van der Waals surface area contributed by atoms with Crippen molar-refractivity contribution in [3.8, 4) is 0 Å². The van der Waals surface area contributed by atoms with Gasteiger partial charge >= 0.3 is 0 Å². The molecule has 0 bridgehead atoms. The van der Waals surface area contributed by atoms with Crippen LogP contribution in [0.15, 0.2) is 35.3 Å². The summed E-state index contributed by atoms with van der Waals surface area (Å²) in [5.74, 6) is 0. The number of fused-ring (bicyclic) bond motifs is 3. The number of nitrogens with zero attached hydrogens (tertiary/aromatic N) is 1. The van der Waals surface area contributed by atoms with E-state index in [1.54, 1.807) is 0 Å². The Morgan fingerprint density at radius 2 is 2.15 bits per heavy atom. The van der Waals surface area contributed by atoms with E-state index in [9.17, 15) is 0 Å². The average molecular weight is 166 g/mol. The molecule has 1 heteroatoms. The minimum absolute atomic E-state index is 0.963. The zero-order chi connectivity index (χ0) is 8.67. The molecule has 0 fully saturated rings. The zero-order valence-corrected chi connectivity index (χ0v) is 7.12. The van der Waals surface area contributed by atoms with E-state index in [2.05, 4.69) is 29.3 Å². The highest BCUT2D eigenvalue weighted by Gasteiger charge is 2.09. The van der Waals surface area contributed by atoms with Crippen LogP contribution in [0.25, 0.3) is 10.8 Å². The van der Waals surface area contributed by atoms with Gasteiger partial charge in [0.1, 0.15) is 0 Å². The van der Waals surface area contributed by atoms with Gasteiger partial charge in [-0.1, -0.05) is 24.3 Å². The van der Waals surface area contributed by atoms with Gasteiger partial charge in [-0.25, -0.2) is 0 Å². The van der Waals surface area contributed by atoms with Crippen LogP contribution in [0, 0.1) is 6.07 Å². The number of aliphatic imine (C=N–C) groups is 1. The van der Waals surface area contributed by atoms with Crippen LogP contribution in [-0.2, 0) is 6.42 Å². The first-order valence-corrected chi connectivity index (χ1v) is 4.40. The Hall–Kier alpha value is -1.63. The second-order valence-corrected chi connectivity index (χ2v) is 3.21. The van der Waals surface area contributed by atoms with Crippen molar-refractivity contribution in [1.29, 1.82) is 0 Å². The first-order valence-electron chi connectivity index (χ1n) is 4.40. The molecule has 0 unspecified atom stereocenters. The van der Waals surface area contributed by atoms with Gasteiger partial charge in [0, 0.05) is 12.6 Å². The molecule has 0 aliphatic carbocycles. The summed E-state index contributed by atoms with van der Waals surface area (Å²) in [6.07, 6.45) is 2.93. The topological polar surface area (TPSA) is 12.4 Å². The van der Waals surface area contributed by atoms with Crippen LogP contribution in [0.1, 0.15) is 5.56 Å². The van der Waals surface area contributed by atoms with E-state index in [0.717, 1.165) is 12.1 Å². The van der Waals surface area contributed by atoms with Crippen LogP contribution in [0.4, 0.5) is 5.69 Å². The second-order valence-electron chi connectivity index (χ2n) is 3.21. The average Bonchev–Trinajstić information content (AvgIpc) is 2.65. The summed E-state index contributed by atoms with van der Waals surface area (Å²) in [7, 11) is 0. The molecule has 0 atom stereocenters. The van der Waals surface area contributed by atoms with Gasteiger partial charge in [0.05, 0.1) is 5.69 Å². The third kappa shape index (κ3) is 0.903. The summed E-state index contributed by atoms with van der Waals surface area (Å²) in [4.78, 5) is 4.29. The summed E-state index contributed by atoms with van der Waals surface area (Å²) in [6, 6.07) is 13.5. The SMILES string of the molecule is [c]1cc2c(c3ccccc13)CC=N2. The van der Waals surface area contributed by atoms with Crippen molar-refractivity contribution in [2.45, 2.75) is 6.42 Å². The Morgan fingerprint density at radius 3 is 3.15 bits per heavy atom. The van der Waals surface area contributed by atoms with Gasteiger partial charge in [-0.3, -0.25) is 4.99 Å². The lowest BCUT2D eigenvalue weighted by atomic mass is 10.0. The molecule has 61 valence electrons. The van der Waals surface area contributed by atoms with Gasteiger partial charge in [0.15, 0.2) is 0 Å². The van der Waals surface area contributed by atoms with E-state index in [-0.39, 0.29) is 0 Å². The molecule has 1 aliphatic rings. The van der Waals surface area contributed by atoms with Crippen molar-refractivity contribution in [3.05, 3.63) is 42.0 Å². The van der Waals surface area contributed by atoms with Gasteiger partial charge < -0.3 is 0 Å². The fourth-order valence-electron chi connectivity index (χ4n) is 1.81. The van der Waals surface area contributed by atoms with Crippen LogP contribution >= 0.6 is 0 Å². The number of benzene rings is 2. The normalized spacial score (nSPS) is 13.5. The molecule has 0 spiro atoms. The fraction of sp³-hybridized carbons (Fsp3) is 0.0833. The van der Waals surface area contributed by atoms with E-state index >= 15 is 0 Å². The predicted octanol–water partition coefficient (Wildman–Crippen LogP) is 2.90. The van der Waals surface area contributed by atoms with E-state index in [0.29, 0.717) is 0 Å². The maximum Gasteiger partial charge on any atom is 0.0674 e. The van der Waals surface area contributed by atoms with Crippen LogP contribution in [0.2, 0.25) is 0 Å². The van der Waals surface area contributed by atoms with Gasteiger partial charge in [-0.15, -0.1) is 0 Å². The minimum Gasteiger partial charge on any atom is -0.261 e. The molecule has 0 amide bonds. The molecule has 2 aromatic carbocycles. The molecular weight excluding hydrogens is 158 g/mol. The van der Waals surface area contributed by atoms with Gasteiger partial charge in [0.25, 0.3) is 0 Å². The Labute approximate surface area is 76.7 Å². The van der Waals surface area contributed by atoms with Crippen molar-refractivity contribution < 1.29 is 0 Å². The van der Waals surface area contributed by atoms with E-state index in [1.807, 2.05) is 18.3 Å². The molecule has 2 aromatic rings. The largest absolute Gasteiger partial charge is 0.261 e. The Balaban J connectivity index is 2.46. The lowest BCUT2D eigenvalue weighted by molar-refractivity contribution is 1.46. The van der Waals surface area contributed by atoms with Crippen LogP contribution in [-0.4, -0.2) is 6.21 Å². The van der Waals surface area contributed by atoms with Crippen molar-refractivity contribution >= 4 is 22.7 Å². The van der Waals surface area contributed by atoms with Gasteiger partial charge in [0.2, 0.25) is 0 Å². The lowest BCUT2D eigenvalue weighted by Crippen LogP contribution is -1.82. The van der Waals surface area contributed by atoms with Gasteiger partial charge in [-0.05, 0) is 28.5 Å². The predicted molar refractivity (Wildman–Crippen MR) is 54.6 cm³/mol. The van der Waals surface area contributed by atoms with Crippen molar-refractivity contribution in [1.82, 2.24) is 0 Å². The monoisotopic (exact) mass is 166 g/mol. The number of hydrogen-bond donors (Lipinski definition) is 0. The van der Waals surface area contributed by atoms with E-state index in [1.165, 1.54) is 16.3 Å². The van der Waals surface area contributed by atoms with Gasteiger partial charge in [-0.2, -0.15) is 0 Å². The molecule has 0 aromatic heterocycles. The van der Waals surface area contributed by atoms with E-state index < -0.39 is 0 Å². The first kappa shape index (κ1) is 6.84. The third-order valence-corrected chi connectivity index (χ3v) is 2.45. The molecule has 0 saturated carbocycles. The van der Waals surface area contributed by atoms with Crippen LogP contribution in [0.3, 0.4) is 0 Å². The number of rotatable bonds is 0. The maximum absolute atomic E-state index is 4.29. The summed E-state index contributed by atoms with van der Waals surface area (Å²) in [6.45, 7) is 0. The molecule has 13 heavy (non-hydrogen) atoms. The highest BCUT2D eigenvalue weighted by Crippen LogP contribution is 2.30. The fourth-order valence-corrected chi connectivity index (χ4v) is 1.81. The summed E-state index contributed by atoms with van der Waals surface area (Å²) >= 11 is 0. The molecule has 1 nitrogen and oxygen atoms in total. The minimum atomic E-state index is 0.963. The third-order valence-electron chi connectivity index (χ3n) is 2.45. The molecule has 0 saturated heterocycles. The van der Waals surface area contributed by atoms with E-state index in [4.69, 9.17) is 0 Å². The molecule has 3 rings (SSSR count). The quantitative estimate of drug-likeness (QED) is 0.570. The highest BCUT2D eigenvalue weighted by molar-refractivity contribution is 5.94. The molecule has 1 radical (unpaired) electrons. The lowest BCUT2D eigenvalue weighted by Gasteiger charge is -2.02. The number of hydrogen-bond acceptors (Lipinski definition) is 1. The summed E-state index contributed by atoms with van der Waals surface area (Å²) in [5, 5.41) is 2.48. The van der Waals surface area contributed by atoms with Crippen LogP contribution < -0.4 is 0 Å². The van der Waals surface area contributed by atoms with Crippen LogP contribution in [0.5, 0.6) is 0 Å². The first-order chi connectivity index (χ1) is 6.45. The standard InChI is InChI=1S/C12H8N/c1-2-4-10-9(3-1)5-6-12-11(10)7-8-13-12/h1-4,6,8H,7H2. The Kier molecular flexibility index (Phi) is 1.28. The summed E-state index contributed by atoms with van der Waals surface area (Å²) in [5.41, 5.74) is 2.42. The molecule has 1 aliphatic heterocycles. The maximum atomic E-state index is 4.29. The van der Waals surface area contributed by atoms with Crippen molar-refractivity contribution in [2.24, 2.45) is 4.99 Å². The molecule has 0 N–H and O–H groups in total. The summed E-state index contributed by atoms with van der Waals surface area (Å²) < 4.78 is 0. The highest BCUT2D eigenvalue weighted by atomic mass is 14.7. The molecule has 1 heterocycles.